The highest BCUT2D eigenvalue weighted by atomic mass is 15.2. The van der Waals surface area contributed by atoms with Gasteiger partial charge in [-0.15, -0.1) is 0 Å². The maximum absolute atomic E-state index is 8.44. The van der Waals surface area contributed by atoms with Crippen LogP contribution in [0.5, 0.6) is 0 Å². The van der Waals surface area contributed by atoms with Gasteiger partial charge in [0.05, 0.1) is 16.2 Å². The van der Waals surface area contributed by atoms with Crippen LogP contribution in [0.25, 0.3) is 4.98 Å². The van der Waals surface area contributed by atoms with E-state index in [0.717, 1.165) is 0 Å². The lowest BCUT2D eigenvalue weighted by Gasteiger charge is -1.72. The lowest BCUT2D eigenvalue weighted by molar-refractivity contribution is 1.05. The van der Waals surface area contributed by atoms with Crippen molar-refractivity contribution in [1.29, 1.82) is 10.7 Å². The Morgan fingerprint density at radius 2 is 2.40 bits per heavy atom. The molecule has 1 aromatic rings. The normalized spacial score (nSPS) is 8.30. The van der Waals surface area contributed by atoms with E-state index in [1.807, 2.05) is 6.07 Å². The Morgan fingerprint density at radius 3 is 2.80 bits per heavy atom. The number of H-pyrrole nitrogens is 1. The largest absolute Gasteiger partial charge is 0.505 e. The summed E-state index contributed by atoms with van der Waals surface area (Å²) in [6.45, 7) is 1.68. The molecule has 10 heavy (non-hydrogen) atoms. The van der Waals surface area contributed by atoms with Crippen molar-refractivity contribution in [3.8, 4) is 6.07 Å². The molecule has 0 spiro atoms. The zero-order chi connectivity index (χ0) is 7.56. The van der Waals surface area contributed by atoms with Crippen molar-refractivity contribution in [1.82, 2.24) is 10.2 Å². The summed E-state index contributed by atoms with van der Waals surface area (Å²) in [5.41, 5.74) is 0.887. The predicted molar refractivity (Wildman–Crippen MR) is 32.8 cm³/mol. The quantitative estimate of drug-likeness (QED) is 0.539. The van der Waals surface area contributed by atoms with Gasteiger partial charge in [-0.1, -0.05) is 0 Å². The fraction of sp³-hybridized carbons (Fsp3) is 0.200. The van der Waals surface area contributed by atoms with E-state index in [9.17, 15) is 0 Å². The summed E-state index contributed by atoms with van der Waals surface area (Å²) in [5, 5.41) is 22.7. The summed E-state index contributed by atoms with van der Waals surface area (Å²) in [5.74, 6) is 0.0417. The topological polar surface area (TPSA) is 80.6 Å². The van der Waals surface area contributed by atoms with Crippen LogP contribution in [0.1, 0.15) is 11.3 Å². The van der Waals surface area contributed by atoms with Gasteiger partial charge in [0.1, 0.15) is 6.07 Å². The van der Waals surface area contributed by atoms with Gasteiger partial charge in [0.25, 0.3) is 0 Å². The number of aryl methyl sites for hydroxylation is 1. The van der Waals surface area contributed by atoms with Gasteiger partial charge in [-0.2, -0.15) is 10.4 Å². The van der Waals surface area contributed by atoms with Crippen molar-refractivity contribution < 1.29 is 0 Å². The number of hydrogen-bond acceptors (Lipinski definition) is 3. The van der Waals surface area contributed by atoms with Crippen LogP contribution in [0.4, 0.5) is 5.82 Å². The summed E-state index contributed by atoms with van der Waals surface area (Å²) < 4.78 is 0. The second-order valence-electron chi connectivity index (χ2n) is 1.76. The first-order valence-corrected chi connectivity index (χ1v) is 2.59. The van der Waals surface area contributed by atoms with E-state index in [2.05, 4.69) is 15.2 Å². The second kappa shape index (κ2) is 2.16. The third-order valence-electron chi connectivity index (χ3n) is 1.13. The highest BCUT2D eigenvalue weighted by Crippen LogP contribution is 2.16. The Kier molecular flexibility index (Phi) is 1.35. The molecule has 1 N–H and O–H groups in total. The maximum Gasteiger partial charge on any atom is 0.505 e. The second-order valence-corrected chi connectivity index (χ2v) is 1.76. The predicted octanol–water partition coefficient (Wildman–Crippen LogP) is 1.07. The molecule has 1 heterocycles. The van der Waals surface area contributed by atoms with Gasteiger partial charge in [-0.25, -0.2) is 0 Å². The molecule has 0 aliphatic heterocycles. The molecule has 0 fully saturated rings. The third kappa shape index (κ3) is 0.702. The minimum absolute atomic E-state index is 0.0417. The fourth-order valence-corrected chi connectivity index (χ4v) is 0.623. The molecule has 0 bridgehead atoms. The van der Waals surface area contributed by atoms with Crippen LogP contribution in [0, 0.1) is 23.6 Å². The maximum atomic E-state index is 8.44. The third-order valence-corrected chi connectivity index (χ3v) is 1.13. The number of nitriles is 1. The molecule has 1 aromatic heterocycles. The Bertz CT molecular complexity index is 323. The standard InChI is InChI=1S/C5H4N5/c1-3-4(2-6)5(8-7)10-9-3/h1H3,(H,9,10)/q+1. The van der Waals surface area contributed by atoms with Crippen LogP contribution in [0.2, 0.25) is 0 Å². The van der Waals surface area contributed by atoms with Crippen LogP contribution in [-0.4, -0.2) is 10.2 Å². The van der Waals surface area contributed by atoms with Crippen molar-refractivity contribution in [2.45, 2.75) is 6.92 Å². The highest BCUT2D eigenvalue weighted by molar-refractivity contribution is 5.53. The van der Waals surface area contributed by atoms with Crippen molar-refractivity contribution in [3.63, 3.8) is 0 Å². The van der Waals surface area contributed by atoms with E-state index in [4.69, 9.17) is 10.7 Å². The first kappa shape index (κ1) is 6.24. The Morgan fingerprint density at radius 1 is 1.70 bits per heavy atom. The van der Waals surface area contributed by atoms with E-state index in [1.165, 1.54) is 0 Å². The zero-order valence-electron chi connectivity index (χ0n) is 5.29. The Labute approximate surface area is 56.9 Å². The van der Waals surface area contributed by atoms with E-state index >= 15 is 0 Å². The summed E-state index contributed by atoms with van der Waals surface area (Å²) in [4.78, 5) is 2.80. The average Bonchev–Trinajstić information content (AvgIpc) is 2.30. The van der Waals surface area contributed by atoms with Gasteiger partial charge in [-0.05, 0) is 6.92 Å². The van der Waals surface area contributed by atoms with Gasteiger partial charge < -0.3 is 0 Å². The van der Waals surface area contributed by atoms with Crippen LogP contribution >= 0.6 is 0 Å². The van der Waals surface area contributed by atoms with Crippen molar-refractivity contribution in [2.24, 2.45) is 0 Å². The summed E-state index contributed by atoms with van der Waals surface area (Å²) in [6, 6.07) is 1.85. The molecule has 5 heteroatoms. The first-order valence-electron chi connectivity index (χ1n) is 2.59. The van der Waals surface area contributed by atoms with Crippen LogP contribution in [-0.2, 0) is 0 Å². The molecule has 5 nitrogen and oxygen atoms in total. The monoisotopic (exact) mass is 134 g/mol. The van der Waals surface area contributed by atoms with E-state index in [1.54, 1.807) is 6.92 Å². The number of nitrogens with zero attached hydrogens (tertiary/aromatic N) is 4. The molecule has 0 aliphatic rings. The average molecular weight is 134 g/mol. The van der Waals surface area contributed by atoms with Gasteiger partial charge in [-0.3, -0.25) is 0 Å². The number of diazo groups is 1. The summed E-state index contributed by atoms with van der Waals surface area (Å²) in [6.07, 6.45) is 0. The van der Waals surface area contributed by atoms with Gasteiger partial charge >= 0.3 is 5.82 Å². The Hall–Kier alpha value is -1.88. The van der Waals surface area contributed by atoms with Crippen LogP contribution < -0.4 is 0 Å². The molecule has 48 valence electrons. The minimum atomic E-state index is 0.0417. The smallest absolute Gasteiger partial charge is 0.192 e. The minimum Gasteiger partial charge on any atom is -0.192 e. The summed E-state index contributed by atoms with van der Waals surface area (Å²) in [7, 11) is 0. The first-order chi connectivity index (χ1) is 4.79. The summed E-state index contributed by atoms with van der Waals surface area (Å²) >= 11 is 0. The number of aromatic nitrogens is 2. The SMILES string of the molecule is Cc1[nH]nc([N+]#N)c1C#N. The molecular weight excluding hydrogens is 130 g/mol. The number of aromatic amines is 1. The fourth-order valence-electron chi connectivity index (χ4n) is 0.623. The molecule has 0 radical (unpaired) electrons. The highest BCUT2D eigenvalue weighted by Gasteiger charge is 2.20. The molecule has 0 aromatic carbocycles. The van der Waals surface area contributed by atoms with E-state index in [0.29, 0.717) is 5.69 Å². The number of nitrogens with one attached hydrogen (secondary N) is 1. The van der Waals surface area contributed by atoms with Crippen molar-refractivity contribution in [2.75, 3.05) is 0 Å². The number of hydrogen-bond donors (Lipinski definition) is 1. The molecule has 0 aliphatic carbocycles. The molecule has 0 amide bonds. The van der Waals surface area contributed by atoms with Gasteiger partial charge in [0, 0.05) is 4.98 Å². The van der Waals surface area contributed by atoms with Gasteiger partial charge in [0.2, 0.25) is 0 Å². The molecule has 1 rings (SSSR count). The Balaban J connectivity index is 3.34. The molecular formula is C5H4N5+. The van der Waals surface area contributed by atoms with Crippen LogP contribution in [0.15, 0.2) is 0 Å². The van der Waals surface area contributed by atoms with Gasteiger partial charge in [0.15, 0.2) is 5.56 Å². The number of rotatable bonds is 0. The molecule has 0 atom stereocenters. The molecule has 0 saturated carbocycles. The zero-order valence-corrected chi connectivity index (χ0v) is 5.29. The van der Waals surface area contributed by atoms with Crippen molar-refractivity contribution in [3.05, 3.63) is 16.2 Å². The van der Waals surface area contributed by atoms with E-state index < -0.39 is 0 Å². The van der Waals surface area contributed by atoms with Crippen molar-refractivity contribution >= 4 is 5.82 Å². The lowest BCUT2D eigenvalue weighted by atomic mass is 10.3. The molecule has 0 saturated heterocycles. The van der Waals surface area contributed by atoms with E-state index in [-0.39, 0.29) is 11.4 Å². The molecule has 0 unspecified atom stereocenters. The van der Waals surface area contributed by atoms with Crippen LogP contribution in [0.3, 0.4) is 0 Å². The lowest BCUT2D eigenvalue weighted by Crippen LogP contribution is -1.73.